The molecule has 0 aliphatic carbocycles. The number of H-pyrrole nitrogens is 1. The monoisotopic (exact) mass is 283 g/mol. The fourth-order valence-corrected chi connectivity index (χ4v) is 2.82. The first kappa shape index (κ1) is 13.8. The van der Waals surface area contributed by atoms with Crippen molar-refractivity contribution in [2.75, 3.05) is 0 Å². The molecule has 1 aromatic heterocycles. The second kappa shape index (κ2) is 4.80. The molecular formula is C12H17N3O3S. The highest BCUT2D eigenvalue weighted by Gasteiger charge is 2.44. The van der Waals surface area contributed by atoms with Crippen molar-refractivity contribution < 1.29 is 9.59 Å². The Kier molecular flexibility index (Phi) is 3.49. The van der Waals surface area contributed by atoms with Gasteiger partial charge in [0, 0.05) is 11.1 Å². The highest BCUT2D eigenvalue weighted by Crippen LogP contribution is 2.21. The van der Waals surface area contributed by atoms with Gasteiger partial charge in [-0.1, -0.05) is 18.3 Å². The molecule has 0 aromatic carbocycles. The first-order valence-corrected chi connectivity index (χ1v) is 7.03. The van der Waals surface area contributed by atoms with E-state index in [1.807, 2.05) is 6.92 Å². The number of nitrogens with zero attached hydrogens (tertiary/aromatic N) is 1. The molecule has 1 aliphatic heterocycles. The molecule has 7 heteroatoms. The molecule has 0 bridgehead atoms. The summed E-state index contributed by atoms with van der Waals surface area (Å²) in [7, 11) is 0. The van der Waals surface area contributed by atoms with Crippen LogP contribution in [0.3, 0.4) is 0 Å². The topological polar surface area (TPSA) is 82.3 Å². The van der Waals surface area contributed by atoms with Crippen LogP contribution in [0.2, 0.25) is 0 Å². The molecule has 0 radical (unpaired) electrons. The summed E-state index contributed by atoms with van der Waals surface area (Å²) in [6.45, 7) is 5.48. The number of amides is 2. The average molecular weight is 283 g/mol. The minimum absolute atomic E-state index is 0.133. The van der Waals surface area contributed by atoms with E-state index in [9.17, 15) is 14.4 Å². The smallest absolute Gasteiger partial charge is 0.304 e. The number of hydrogen-bond acceptors (Lipinski definition) is 4. The second-order valence-corrected chi connectivity index (χ2v) is 5.99. The molecule has 1 atom stereocenters. The van der Waals surface area contributed by atoms with Crippen LogP contribution in [0, 0.1) is 0 Å². The van der Waals surface area contributed by atoms with Gasteiger partial charge in [0.05, 0.1) is 6.54 Å². The number of aromatic amines is 1. The van der Waals surface area contributed by atoms with E-state index in [2.05, 4.69) is 10.3 Å². The Morgan fingerprint density at radius 2 is 2.05 bits per heavy atom. The van der Waals surface area contributed by atoms with Crippen molar-refractivity contribution in [3.05, 3.63) is 20.7 Å². The molecule has 2 N–H and O–H groups in total. The number of aromatic nitrogens is 1. The van der Waals surface area contributed by atoms with Gasteiger partial charge in [0.25, 0.3) is 0 Å². The zero-order valence-corrected chi connectivity index (χ0v) is 12.0. The number of thiazole rings is 1. The Labute approximate surface area is 114 Å². The number of piperazine rings is 1. The largest absolute Gasteiger partial charge is 0.340 e. The fourth-order valence-electron chi connectivity index (χ4n) is 2.25. The number of nitrogens with one attached hydrogen (secondary N) is 2. The van der Waals surface area contributed by atoms with Crippen molar-refractivity contribution in [3.8, 4) is 0 Å². The molecule has 1 fully saturated rings. The summed E-state index contributed by atoms with van der Waals surface area (Å²) in [4.78, 5) is 39.6. The van der Waals surface area contributed by atoms with Gasteiger partial charge in [0.15, 0.2) is 0 Å². The molecule has 1 unspecified atom stereocenters. The Hall–Kier alpha value is -1.63. The number of carbonyl (C=O) groups excluding carboxylic acids is 2. The van der Waals surface area contributed by atoms with E-state index in [-0.39, 0.29) is 23.2 Å². The van der Waals surface area contributed by atoms with Gasteiger partial charge in [0.2, 0.25) is 11.8 Å². The van der Waals surface area contributed by atoms with Crippen molar-refractivity contribution in [2.24, 2.45) is 0 Å². The molecule has 2 heterocycles. The van der Waals surface area contributed by atoms with Crippen LogP contribution in [0.4, 0.5) is 0 Å². The van der Waals surface area contributed by atoms with E-state index in [0.29, 0.717) is 12.1 Å². The minimum Gasteiger partial charge on any atom is -0.340 e. The van der Waals surface area contributed by atoms with Gasteiger partial charge < -0.3 is 15.2 Å². The van der Waals surface area contributed by atoms with Crippen LogP contribution in [0.25, 0.3) is 0 Å². The quantitative estimate of drug-likeness (QED) is 0.845. The van der Waals surface area contributed by atoms with Gasteiger partial charge in [0.1, 0.15) is 11.6 Å². The molecule has 2 rings (SSSR count). The van der Waals surface area contributed by atoms with Gasteiger partial charge >= 0.3 is 4.87 Å². The van der Waals surface area contributed by atoms with E-state index in [1.54, 1.807) is 19.2 Å². The molecule has 0 spiro atoms. The van der Waals surface area contributed by atoms with E-state index in [1.165, 1.54) is 4.90 Å². The second-order valence-electron chi connectivity index (χ2n) is 5.14. The lowest BCUT2D eigenvalue weighted by Crippen LogP contribution is -2.67. The molecule has 1 aromatic rings. The molecular weight excluding hydrogens is 266 g/mol. The Bertz CT molecular complexity index is 561. The number of hydrogen-bond donors (Lipinski definition) is 2. The summed E-state index contributed by atoms with van der Waals surface area (Å²) in [5.74, 6) is -0.282. The SMILES string of the molecule is CCC1C(=O)NC(C)(C)C(=O)N1Cc1csc(=O)[nH]1. The van der Waals surface area contributed by atoms with Crippen molar-refractivity contribution in [2.45, 2.75) is 45.3 Å². The van der Waals surface area contributed by atoms with Crippen LogP contribution in [0.5, 0.6) is 0 Å². The number of carbonyl (C=O) groups is 2. The van der Waals surface area contributed by atoms with E-state index >= 15 is 0 Å². The van der Waals surface area contributed by atoms with Crippen LogP contribution in [0.1, 0.15) is 32.9 Å². The van der Waals surface area contributed by atoms with Crippen LogP contribution in [-0.2, 0) is 16.1 Å². The molecule has 2 amide bonds. The van der Waals surface area contributed by atoms with Crippen LogP contribution in [0.15, 0.2) is 10.2 Å². The van der Waals surface area contributed by atoms with Crippen LogP contribution in [-0.4, -0.2) is 33.3 Å². The minimum atomic E-state index is -0.904. The summed E-state index contributed by atoms with van der Waals surface area (Å²) < 4.78 is 0. The lowest BCUT2D eigenvalue weighted by Gasteiger charge is -2.42. The molecule has 104 valence electrons. The lowest BCUT2D eigenvalue weighted by molar-refractivity contribution is -0.154. The molecule has 1 aliphatic rings. The summed E-state index contributed by atoms with van der Waals surface area (Å²) in [6, 6.07) is -0.482. The predicted molar refractivity (Wildman–Crippen MR) is 71.8 cm³/mol. The third kappa shape index (κ3) is 2.56. The average Bonchev–Trinajstić information content (AvgIpc) is 2.71. The third-order valence-electron chi connectivity index (χ3n) is 3.21. The molecule has 19 heavy (non-hydrogen) atoms. The summed E-state index contributed by atoms with van der Waals surface area (Å²) in [5.41, 5.74) is -0.244. The Morgan fingerprint density at radius 3 is 2.58 bits per heavy atom. The number of rotatable bonds is 3. The summed E-state index contributed by atoms with van der Waals surface area (Å²) >= 11 is 1.05. The van der Waals surface area contributed by atoms with Crippen molar-refractivity contribution in [3.63, 3.8) is 0 Å². The predicted octanol–water partition coefficient (Wildman–Crippen LogP) is 0.452. The van der Waals surface area contributed by atoms with Crippen molar-refractivity contribution >= 4 is 23.2 Å². The normalized spacial score (nSPS) is 22.5. The van der Waals surface area contributed by atoms with Gasteiger partial charge in [-0.15, -0.1) is 0 Å². The maximum Gasteiger partial charge on any atom is 0.304 e. The Balaban J connectivity index is 2.29. The zero-order valence-electron chi connectivity index (χ0n) is 11.1. The first-order chi connectivity index (χ1) is 8.85. The van der Waals surface area contributed by atoms with E-state index < -0.39 is 11.6 Å². The summed E-state index contributed by atoms with van der Waals surface area (Å²) in [6.07, 6.45) is 0.544. The van der Waals surface area contributed by atoms with Gasteiger partial charge in [-0.05, 0) is 20.3 Å². The molecule has 1 saturated heterocycles. The first-order valence-electron chi connectivity index (χ1n) is 6.15. The maximum atomic E-state index is 12.4. The third-order valence-corrected chi connectivity index (χ3v) is 3.93. The van der Waals surface area contributed by atoms with Crippen molar-refractivity contribution in [1.29, 1.82) is 0 Å². The van der Waals surface area contributed by atoms with E-state index in [4.69, 9.17) is 0 Å². The van der Waals surface area contributed by atoms with Crippen molar-refractivity contribution in [1.82, 2.24) is 15.2 Å². The van der Waals surface area contributed by atoms with Gasteiger partial charge in [-0.2, -0.15) is 0 Å². The maximum absolute atomic E-state index is 12.4. The van der Waals surface area contributed by atoms with Crippen LogP contribution < -0.4 is 10.2 Å². The highest BCUT2D eigenvalue weighted by molar-refractivity contribution is 7.07. The summed E-state index contributed by atoms with van der Waals surface area (Å²) in [5, 5.41) is 4.41. The zero-order chi connectivity index (χ0) is 14.2. The lowest BCUT2D eigenvalue weighted by atomic mass is 9.95. The fraction of sp³-hybridized carbons (Fsp3) is 0.583. The molecule has 0 saturated carbocycles. The Morgan fingerprint density at radius 1 is 1.37 bits per heavy atom. The molecule has 6 nitrogen and oxygen atoms in total. The van der Waals surface area contributed by atoms with E-state index in [0.717, 1.165) is 11.3 Å². The van der Waals surface area contributed by atoms with Gasteiger partial charge in [-0.25, -0.2) is 0 Å². The van der Waals surface area contributed by atoms with Crippen LogP contribution >= 0.6 is 11.3 Å². The van der Waals surface area contributed by atoms with Gasteiger partial charge in [-0.3, -0.25) is 14.4 Å². The standard InChI is InChI=1S/C12H17N3O3S/c1-4-8-9(16)14-12(2,3)10(17)15(8)5-7-6-19-11(18)13-7/h6,8H,4-5H2,1-3H3,(H,13,18)(H,14,16). The highest BCUT2D eigenvalue weighted by atomic mass is 32.1.